The predicted octanol–water partition coefficient (Wildman–Crippen LogP) is 2.36. The molecule has 0 radical (unpaired) electrons. The molecule has 0 unspecified atom stereocenters. The van der Waals surface area contributed by atoms with Crippen molar-refractivity contribution in [2.75, 3.05) is 11.9 Å². The van der Waals surface area contributed by atoms with Gasteiger partial charge < -0.3 is 5.32 Å². The Bertz CT molecular complexity index is 334. The Kier molecular flexibility index (Phi) is 1.57. The third-order valence-electron chi connectivity index (χ3n) is 2.30. The average molecular weight is 162 g/mol. The van der Waals surface area contributed by atoms with Gasteiger partial charge in [0.05, 0.1) is 5.69 Å². The van der Waals surface area contributed by atoms with E-state index >= 15 is 0 Å². The molecule has 0 spiro atoms. The molecule has 0 saturated carbocycles. The van der Waals surface area contributed by atoms with E-state index < -0.39 is 0 Å². The van der Waals surface area contributed by atoms with Crippen LogP contribution in [-0.4, -0.2) is 6.54 Å². The van der Waals surface area contributed by atoms with Crippen molar-refractivity contribution >= 4 is 11.4 Å². The maximum absolute atomic E-state index is 10.4. The number of hydrogen-bond acceptors (Lipinski definition) is 3. The summed E-state index contributed by atoms with van der Waals surface area (Å²) in [4.78, 5) is 10.4. The van der Waals surface area contributed by atoms with E-state index in [4.69, 9.17) is 0 Å². The summed E-state index contributed by atoms with van der Waals surface area (Å²) in [6.07, 6.45) is 1.00. The van der Waals surface area contributed by atoms with Gasteiger partial charge >= 0.3 is 0 Å². The average Bonchev–Trinajstić information content (AvgIpc) is 2.54. The van der Waals surface area contributed by atoms with E-state index in [0.717, 1.165) is 18.7 Å². The summed E-state index contributed by atoms with van der Waals surface area (Å²) in [6, 6.07) is 3.71. The van der Waals surface area contributed by atoms with E-state index in [0.29, 0.717) is 5.69 Å². The number of hydrogen-bond donors (Lipinski definition) is 1. The molecule has 1 aromatic rings. The zero-order valence-electron chi connectivity index (χ0n) is 6.92. The second-order valence-electron chi connectivity index (χ2n) is 3.02. The summed E-state index contributed by atoms with van der Waals surface area (Å²) < 4.78 is 0. The number of aryl methyl sites for hydroxylation is 1. The standard InChI is InChI=1S/C9H10N2O/c1-6-2-3-8(11-12)9-7(6)4-5-10-9/h2-3,10H,4-5H2,1H3. The van der Waals surface area contributed by atoms with Crippen LogP contribution in [0.15, 0.2) is 17.3 Å². The van der Waals surface area contributed by atoms with Crippen LogP contribution < -0.4 is 5.32 Å². The van der Waals surface area contributed by atoms with Gasteiger partial charge in [0.15, 0.2) is 0 Å². The predicted molar refractivity (Wildman–Crippen MR) is 48.8 cm³/mol. The number of rotatable bonds is 1. The minimum absolute atomic E-state index is 0.535. The van der Waals surface area contributed by atoms with Gasteiger partial charge in [-0.05, 0) is 35.7 Å². The molecule has 1 aliphatic heterocycles. The number of nitrogens with one attached hydrogen (secondary N) is 1. The fourth-order valence-corrected chi connectivity index (χ4v) is 1.65. The molecule has 0 atom stereocenters. The van der Waals surface area contributed by atoms with Crippen LogP contribution in [0.5, 0.6) is 0 Å². The lowest BCUT2D eigenvalue weighted by molar-refractivity contribution is 1.09. The first-order chi connectivity index (χ1) is 5.83. The Morgan fingerprint density at radius 1 is 1.50 bits per heavy atom. The SMILES string of the molecule is Cc1ccc(N=O)c2c1CCN2. The molecule has 1 aromatic carbocycles. The summed E-state index contributed by atoms with van der Waals surface area (Å²) >= 11 is 0. The van der Waals surface area contributed by atoms with Gasteiger partial charge in [-0.15, -0.1) is 4.91 Å². The maximum Gasteiger partial charge on any atom is 0.131 e. The van der Waals surface area contributed by atoms with Crippen molar-refractivity contribution in [1.82, 2.24) is 0 Å². The van der Waals surface area contributed by atoms with Gasteiger partial charge in [-0.1, -0.05) is 6.07 Å². The molecule has 0 saturated heterocycles. The lowest BCUT2D eigenvalue weighted by Gasteiger charge is -2.03. The van der Waals surface area contributed by atoms with Crippen molar-refractivity contribution in [3.05, 3.63) is 28.2 Å². The first-order valence-electron chi connectivity index (χ1n) is 4.02. The van der Waals surface area contributed by atoms with Crippen LogP contribution in [-0.2, 0) is 6.42 Å². The van der Waals surface area contributed by atoms with Crippen molar-refractivity contribution in [1.29, 1.82) is 0 Å². The molecular formula is C9H10N2O. The Morgan fingerprint density at radius 2 is 2.33 bits per heavy atom. The number of benzene rings is 1. The Hall–Kier alpha value is -1.38. The zero-order chi connectivity index (χ0) is 8.55. The van der Waals surface area contributed by atoms with E-state index in [2.05, 4.69) is 17.4 Å². The minimum Gasteiger partial charge on any atom is -0.383 e. The monoisotopic (exact) mass is 162 g/mol. The van der Waals surface area contributed by atoms with Crippen molar-refractivity contribution in [2.24, 2.45) is 5.18 Å². The molecule has 12 heavy (non-hydrogen) atoms. The molecule has 62 valence electrons. The van der Waals surface area contributed by atoms with Gasteiger partial charge in [0.1, 0.15) is 5.69 Å². The van der Waals surface area contributed by atoms with Gasteiger partial charge in [-0.2, -0.15) is 0 Å². The van der Waals surface area contributed by atoms with Crippen LogP contribution in [0, 0.1) is 11.8 Å². The van der Waals surface area contributed by atoms with Crippen LogP contribution in [0.4, 0.5) is 11.4 Å². The van der Waals surface area contributed by atoms with E-state index in [1.54, 1.807) is 6.07 Å². The van der Waals surface area contributed by atoms with Crippen LogP contribution >= 0.6 is 0 Å². The molecule has 1 aliphatic rings. The first-order valence-corrected chi connectivity index (χ1v) is 4.02. The maximum atomic E-state index is 10.4. The number of nitrogens with zero attached hydrogens (tertiary/aromatic N) is 1. The normalized spacial score (nSPS) is 13.8. The summed E-state index contributed by atoms with van der Waals surface area (Å²) in [7, 11) is 0. The van der Waals surface area contributed by atoms with Gasteiger partial charge in [-0.3, -0.25) is 0 Å². The molecule has 0 amide bonds. The lowest BCUT2D eigenvalue weighted by Crippen LogP contribution is -1.90. The van der Waals surface area contributed by atoms with Crippen molar-refractivity contribution in [3.8, 4) is 0 Å². The highest BCUT2D eigenvalue weighted by molar-refractivity contribution is 5.73. The molecule has 2 rings (SSSR count). The fraction of sp³-hybridized carbons (Fsp3) is 0.333. The van der Waals surface area contributed by atoms with Crippen LogP contribution in [0.2, 0.25) is 0 Å². The Labute approximate surface area is 70.8 Å². The molecular weight excluding hydrogens is 152 g/mol. The summed E-state index contributed by atoms with van der Waals surface area (Å²) in [6.45, 7) is 2.98. The zero-order valence-corrected chi connectivity index (χ0v) is 6.92. The summed E-state index contributed by atoms with van der Waals surface area (Å²) in [5.41, 5.74) is 3.95. The van der Waals surface area contributed by atoms with E-state index in [1.165, 1.54) is 11.1 Å². The lowest BCUT2D eigenvalue weighted by atomic mass is 10.1. The quantitative estimate of drug-likeness (QED) is 0.644. The Morgan fingerprint density at radius 3 is 3.08 bits per heavy atom. The first kappa shape index (κ1) is 7.28. The third-order valence-corrected chi connectivity index (χ3v) is 2.30. The van der Waals surface area contributed by atoms with E-state index in [1.807, 2.05) is 6.07 Å². The Balaban J connectivity index is 2.64. The number of nitroso groups, excluding NO2 is 1. The summed E-state index contributed by atoms with van der Waals surface area (Å²) in [5, 5.41) is 6.14. The van der Waals surface area contributed by atoms with Gasteiger partial charge in [0.25, 0.3) is 0 Å². The molecule has 3 heteroatoms. The van der Waals surface area contributed by atoms with Crippen LogP contribution in [0.1, 0.15) is 11.1 Å². The molecule has 1 heterocycles. The summed E-state index contributed by atoms with van der Waals surface area (Å²) in [5.74, 6) is 0. The molecule has 0 aromatic heterocycles. The second kappa shape index (κ2) is 2.59. The highest BCUT2D eigenvalue weighted by Gasteiger charge is 2.16. The highest BCUT2D eigenvalue weighted by Crippen LogP contribution is 2.34. The number of fused-ring (bicyclic) bond motifs is 1. The van der Waals surface area contributed by atoms with Gasteiger partial charge in [0, 0.05) is 6.54 Å². The largest absolute Gasteiger partial charge is 0.383 e. The third kappa shape index (κ3) is 0.897. The number of anilines is 1. The topological polar surface area (TPSA) is 41.5 Å². The van der Waals surface area contributed by atoms with E-state index in [-0.39, 0.29) is 0 Å². The minimum atomic E-state index is 0.535. The fourth-order valence-electron chi connectivity index (χ4n) is 1.65. The van der Waals surface area contributed by atoms with Crippen molar-refractivity contribution < 1.29 is 0 Å². The molecule has 0 aliphatic carbocycles. The molecule has 0 fully saturated rings. The molecule has 1 N–H and O–H groups in total. The van der Waals surface area contributed by atoms with Gasteiger partial charge in [0.2, 0.25) is 0 Å². The smallest absolute Gasteiger partial charge is 0.131 e. The molecule has 0 bridgehead atoms. The van der Waals surface area contributed by atoms with E-state index in [9.17, 15) is 4.91 Å². The van der Waals surface area contributed by atoms with Gasteiger partial charge in [-0.25, -0.2) is 0 Å². The second-order valence-corrected chi connectivity index (χ2v) is 3.02. The molecule has 3 nitrogen and oxygen atoms in total. The van der Waals surface area contributed by atoms with Crippen LogP contribution in [0.25, 0.3) is 0 Å². The van der Waals surface area contributed by atoms with Crippen molar-refractivity contribution in [2.45, 2.75) is 13.3 Å². The van der Waals surface area contributed by atoms with Crippen molar-refractivity contribution in [3.63, 3.8) is 0 Å². The van der Waals surface area contributed by atoms with Crippen LogP contribution in [0.3, 0.4) is 0 Å². The highest BCUT2D eigenvalue weighted by atomic mass is 16.3.